The van der Waals surface area contributed by atoms with Crippen LogP contribution in [0.5, 0.6) is 0 Å². The highest BCUT2D eigenvalue weighted by molar-refractivity contribution is 7.99. The van der Waals surface area contributed by atoms with Crippen LogP contribution in [0.2, 0.25) is 0 Å². The van der Waals surface area contributed by atoms with E-state index in [1.54, 1.807) is 23.1 Å². The van der Waals surface area contributed by atoms with Gasteiger partial charge in [0.2, 0.25) is 5.91 Å². The Labute approximate surface area is 163 Å². The van der Waals surface area contributed by atoms with Crippen LogP contribution in [0.15, 0.2) is 47.2 Å². The maximum Gasteiger partial charge on any atom is 0.238 e. The second-order valence-electron chi connectivity index (χ2n) is 6.58. The van der Waals surface area contributed by atoms with Crippen LogP contribution in [0.4, 0.5) is 5.69 Å². The fourth-order valence-electron chi connectivity index (χ4n) is 3.31. The largest absolute Gasteiger partial charge is 0.324 e. The van der Waals surface area contributed by atoms with E-state index in [9.17, 15) is 4.79 Å². The average Bonchev–Trinajstić information content (AvgIpc) is 3.29. The van der Waals surface area contributed by atoms with Gasteiger partial charge < -0.3 is 5.32 Å². The number of carbonyl (C=O) groups excluding carboxylic acids is 1. The van der Waals surface area contributed by atoms with Crippen molar-refractivity contribution in [2.75, 3.05) is 17.6 Å². The number of hydrogen-bond acceptors (Lipinski definition) is 5. The third-order valence-electron chi connectivity index (χ3n) is 4.59. The molecule has 0 aliphatic heterocycles. The number of thiazole rings is 1. The fraction of sp³-hybridized carbons (Fsp3) is 0.400. The monoisotopic (exact) mass is 387 g/mol. The van der Waals surface area contributed by atoms with Crippen molar-refractivity contribution in [2.24, 2.45) is 0 Å². The SMILES string of the molecule is C=CCSc1ccccc1NC(=O)CNC1(c2nc(C)cs2)CCCC1. The minimum Gasteiger partial charge on any atom is -0.324 e. The molecule has 1 aromatic heterocycles. The molecule has 1 aliphatic carbocycles. The van der Waals surface area contributed by atoms with E-state index in [2.05, 4.69) is 27.6 Å². The van der Waals surface area contributed by atoms with Crippen molar-refractivity contribution in [3.05, 3.63) is 53.0 Å². The van der Waals surface area contributed by atoms with Gasteiger partial charge in [-0.3, -0.25) is 10.1 Å². The van der Waals surface area contributed by atoms with Gasteiger partial charge in [0.25, 0.3) is 0 Å². The van der Waals surface area contributed by atoms with Crippen molar-refractivity contribution in [1.29, 1.82) is 0 Å². The van der Waals surface area contributed by atoms with Crippen molar-refractivity contribution in [3.8, 4) is 0 Å². The topological polar surface area (TPSA) is 54.0 Å². The maximum atomic E-state index is 12.6. The van der Waals surface area contributed by atoms with E-state index in [0.717, 1.165) is 39.9 Å². The van der Waals surface area contributed by atoms with Crippen LogP contribution in [-0.2, 0) is 10.3 Å². The van der Waals surface area contributed by atoms with E-state index >= 15 is 0 Å². The van der Waals surface area contributed by atoms with Crippen LogP contribution in [0.3, 0.4) is 0 Å². The molecule has 0 bridgehead atoms. The van der Waals surface area contributed by atoms with Gasteiger partial charge in [-0.2, -0.15) is 0 Å². The molecule has 1 fully saturated rings. The standard InChI is InChI=1S/C20H25N3OS2/c1-3-12-25-17-9-5-4-8-16(17)23-18(24)13-21-20(10-6-7-11-20)19-22-15(2)14-26-19/h3-5,8-9,14,21H,1,6-7,10-13H2,2H3,(H,23,24). The summed E-state index contributed by atoms with van der Waals surface area (Å²) in [5.74, 6) is 0.800. The Morgan fingerprint density at radius 3 is 2.85 bits per heavy atom. The van der Waals surface area contributed by atoms with Crippen molar-refractivity contribution in [3.63, 3.8) is 0 Å². The predicted molar refractivity (Wildman–Crippen MR) is 111 cm³/mol. The van der Waals surface area contributed by atoms with Crippen LogP contribution < -0.4 is 10.6 Å². The normalized spacial score (nSPS) is 15.7. The number of para-hydroxylation sites is 1. The summed E-state index contributed by atoms with van der Waals surface area (Å²) in [6.07, 6.45) is 6.30. The number of rotatable bonds is 8. The second-order valence-corrected chi connectivity index (χ2v) is 8.50. The number of anilines is 1. The number of thioether (sulfide) groups is 1. The van der Waals surface area contributed by atoms with E-state index in [-0.39, 0.29) is 11.4 Å². The highest BCUT2D eigenvalue weighted by Gasteiger charge is 2.38. The number of nitrogens with one attached hydrogen (secondary N) is 2. The van der Waals surface area contributed by atoms with E-state index in [4.69, 9.17) is 0 Å². The van der Waals surface area contributed by atoms with Gasteiger partial charge in [-0.15, -0.1) is 29.7 Å². The molecular weight excluding hydrogens is 362 g/mol. The van der Waals surface area contributed by atoms with Gasteiger partial charge in [-0.1, -0.05) is 31.1 Å². The Morgan fingerprint density at radius 1 is 1.38 bits per heavy atom. The number of carbonyl (C=O) groups is 1. The Bertz CT molecular complexity index is 766. The second kappa shape index (κ2) is 8.84. The quantitative estimate of drug-likeness (QED) is 0.508. The summed E-state index contributed by atoms with van der Waals surface area (Å²) < 4.78 is 0. The number of hydrogen-bond donors (Lipinski definition) is 2. The summed E-state index contributed by atoms with van der Waals surface area (Å²) in [6.45, 7) is 6.07. The Hall–Kier alpha value is -1.63. The van der Waals surface area contributed by atoms with Crippen molar-refractivity contribution in [2.45, 2.75) is 43.0 Å². The van der Waals surface area contributed by atoms with E-state index < -0.39 is 0 Å². The van der Waals surface area contributed by atoms with Crippen molar-refractivity contribution >= 4 is 34.7 Å². The molecule has 0 unspecified atom stereocenters. The molecule has 4 nitrogen and oxygen atoms in total. The smallest absolute Gasteiger partial charge is 0.238 e. The molecule has 1 aromatic carbocycles. The lowest BCUT2D eigenvalue weighted by Crippen LogP contribution is -2.44. The summed E-state index contributed by atoms with van der Waals surface area (Å²) in [5.41, 5.74) is 1.76. The van der Waals surface area contributed by atoms with Crippen molar-refractivity contribution in [1.82, 2.24) is 10.3 Å². The number of benzene rings is 1. The third kappa shape index (κ3) is 4.55. The lowest BCUT2D eigenvalue weighted by atomic mass is 9.98. The number of nitrogens with zero attached hydrogens (tertiary/aromatic N) is 1. The molecule has 0 saturated heterocycles. The number of amides is 1. The molecule has 138 valence electrons. The van der Waals surface area contributed by atoms with Gasteiger partial charge in [0, 0.05) is 21.7 Å². The van der Waals surface area contributed by atoms with Crippen LogP contribution in [0.25, 0.3) is 0 Å². The summed E-state index contributed by atoms with van der Waals surface area (Å²) in [6, 6.07) is 7.89. The van der Waals surface area contributed by atoms with Crippen molar-refractivity contribution < 1.29 is 4.79 Å². The molecular formula is C20H25N3OS2. The highest BCUT2D eigenvalue weighted by atomic mass is 32.2. The van der Waals surface area contributed by atoms with Gasteiger partial charge in [-0.05, 0) is 31.9 Å². The molecule has 0 radical (unpaired) electrons. The number of aryl methyl sites for hydroxylation is 1. The zero-order valence-corrected chi connectivity index (χ0v) is 16.7. The Balaban J connectivity index is 1.64. The van der Waals surface area contributed by atoms with Crippen LogP contribution in [0, 0.1) is 6.92 Å². The number of aromatic nitrogens is 1. The summed E-state index contributed by atoms with van der Waals surface area (Å²) in [7, 11) is 0. The fourth-order valence-corrected chi connectivity index (χ4v) is 5.09. The molecule has 1 aliphatic rings. The van der Waals surface area contributed by atoms with Crippen LogP contribution in [0.1, 0.15) is 36.4 Å². The lowest BCUT2D eigenvalue weighted by molar-refractivity contribution is -0.115. The minimum absolute atomic E-state index is 0.0174. The highest BCUT2D eigenvalue weighted by Crippen LogP contribution is 2.40. The predicted octanol–water partition coefficient (Wildman–Crippen LogP) is 4.73. The zero-order valence-electron chi connectivity index (χ0n) is 15.1. The molecule has 0 atom stereocenters. The third-order valence-corrected chi connectivity index (χ3v) is 6.82. The molecule has 26 heavy (non-hydrogen) atoms. The maximum absolute atomic E-state index is 12.6. The first-order valence-corrected chi connectivity index (χ1v) is 10.8. The molecule has 3 rings (SSSR count). The molecule has 1 amide bonds. The van der Waals surface area contributed by atoms with Gasteiger partial charge in [-0.25, -0.2) is 4.98 Å². The Kier molecular flexibility index (Phi) is 6.51. The van der Waals surface area contributed by atoms with Crippen LogP contribution >= 0.6 is 23.1 Å². The van der Waals surface area contributed by atoms with Crippen LogP contribution in [-0.4, -0.2) is 23.2 Å². The van der Waals surface area contributed by atoms with E-state index in [1.165, 1.54) is 12.8 Å². The average molecular weight is 388 g/mol. The first kappa shape index (κ1) is 19.1. The summed E-state index contributed by atoms with van der Waals surface area (Å²) in [5, 5.41) is 9.76. The summed E-state index contributed by atoms with van der Waals surface area (Å²) in [4.78, 5) is 18.3. The zero-order chi connectivity index (χ0) is 18.4. The van der Waals surface area contributed by atoms with Gasteiger partial charge >= 0.3 is 0 Å². The first-order valence-electron chi connectivity index (χ1n) is 8.93. The molecule has 2 aromatic rings. The minimum atomic E-state index is -0.145. The van der Waals surface area contributed by atoms with Gasteiger partial charge in [0.15, 0.2) is 0 Å². The molecule has 0 spiro atoms. The first-order chi connectivity index (χ1) is 12.6. The molecule has 1 saturated carbocycles. The van der Waals surface area contributed by atoms with Gasteiger partial charge in [0.05, 0.1) is 17.8 Å². The van der Waals surface area contributed by atoms with E-state index in [0.29, 0.717) is 6.54 Å². The molecule has 1 heterocycles. The van der Waals surface area contributed by atoms with Gasteiger partial charge in [0.1, 0.15) is 5.01 Å². The molecule has 2 N–H and O–H groups in total. The summed E-state index contributed by atoms with van der Waals surface area (Å²) >= 11 is 3.36. The lowest BCUT2D eigenvalue weighted by Gasteiger charge is -2.28. The Morgan fingerprint density at radius 2 is 2.15 bits per heavy atom. The molecule has 6 heteroatoms. The van der Waals surface area contributed by atoms with E-state index in [1.807, 2.05) is 37.3 Å².